The molecule has 0 amide bonds. The highest BCUT2D eigenvalue weighted by Gasteiger charge is 2.25. The van der Waals surface area contributed by atoms with Crippen molar-refractivity contribution in [3.05, 3.63) is 55.7 Å². The minimum Gasteiger partial charge on any atom is -0.466 e. The standard InChI is InChI=1S/C14H15BrClFN2O/c1-6-7(2)20-8(3)11(6)14(19-18)9-4-5-10(15)12(16)13(9)17/h4-5,14,19H,18H2,1-3H3. The number of furan rings is 1. The highest BCUT2D eigenvalue weighted by Crippen LogP contribution is 2.36. The Hall–Kier alpha value is -0.880. The first-order valence-electron chi connectivity index (χ1n) is 6.04. The average Bonchev–Trinajstić information content (AvgIpc) is 2.65. The molecule has 3 N–H and O–H groups in total. The molecule has 1 unspecified atom stereocenters. The molecule has 1 aromatic heterocycles. The fourth-order valence-electron chi connectivity index (χ4n) is 2.33. The van der Waals surface area contributed by atoms with Gasteiger partial charge < -0.3 is 4.42 Å². The van der Waals surface area contributed by atoms with Crippen molar-refractivity contribution in [1.82, 2.24) is 5.43 Å². The molecule has 2 aromatic rings. The molecule has 0 fully saturated rings. The lowest BCUT2D eigenvalue weighted by Gasteiger charge is -2.18. The van der Waals surface area contributed by atoms with Crippen molar-refractivity contribution in [3.63, 3.8) is 0 Å². The number of nitrogens with one attached hydrogen (secondary N) is 1. The van der Waals surface area contributed by atoms with Crippen LogP contribution in [0.1, 0.15) is 34.3 Å². The number of halogens is 3. The molecule has 0 aliphatic heterocycles. The molecule has 0 bridgehead atoms. The molecule has 1 aromatic carbocycles. The predicted octanol–water partition coefficient (Wildman–Crippen LogP) is 4.31. The molecular formula is C14H15BrClFN2O. The fourth-order valence-corrected chi connectivity index (χ4v) is 2.81. The molecule has 0 aliphatic carbocycles. The van der Waals surface area contributed by atoms with E-state index in [1.807, 2.05) is 20.8 Å². The molecule has 0 aliphatic rings. The van der Waals surface area contributed by atoms with E-state index < -0.39 is 11.9 Å². The average molecular weight is 362 g/mol. The molecule has 3 nitrogen and oxygen atoms in total. The second-order valence-electron chi connectivity index (χ2n) is 4.62. The summed E-state index contributed by atoms with van der Waals surface area (Å²) in [6.45, 7) is 5.62. The highest BCUT2D eigenvalue weighted by atomic mass is 79.9. The first-order valence-corrected chi connectivity index (χ1v) is 7.21. The Bertz CT molecular complexity index is 657. The number of nitrogens with two attached hydrogens (primary N) is 1. The van der Waals surface area contributed by atoms with Gasteiger partial charge in [0.15, 0.2) is 0 Å². The molecular weight excluding hydrogens is 347 g/mol. The van der Waals surface area contributed by atoms with Crippen molar-refractivity contribution in [3.8, 4) is 0 Å². The highest BCUT2D eigenvalue weighted by molar-refractivity contribution is 9.10. The summed E-state index contributed by atoms with van der Waals surface area (Å²) < 4.78 is 20.5. The van der Waals surface area contributed by atoms with E-state index in [1.54, 1.807) is 12.1 Å². The Balaban J connectivity index is 2.62. The number of hydrogen-bond donors (Lipinski definition) is 2. The summed E-state index contributed by atoms with van der Waals surface area (Å²) in [6.07, 6.45) is 0. The summed E-state index contributed by atoms with van der Waals surface area (Å²) in [5.74, 6) is 6.63. The second-order valence-corrected chi connectivity index (χ2v) is 5.85. The summed E-state index contributed by atoms with van der Waals surface area (Å²) in [7, 11) is 0. The van der Waals surface area contributed by atoms with Gasteiger partial charge in [-0.25, -0.2) is 9.82 Å². The zero-order valence-corrected chi connectivity index (χ0v) is 13.7. The number of hydrogen-bond acceptors (Lipinski definition) is 3. The normalized spacial score (nSPS) is 12.8. The van der Waals surface area contributed by atoms with Crippen LogP contribution in [0.15, 0.2) is 21.0 Å². The Morgan fingerprint density at radius 1 is 1.30 bits per heavy atom. The zero-order chi connectivity index (χ0) is 15.0. The Kier molecular flexibility index (Phi) is 4.54. The maximum atomic E-state index is 14.4. The summed E-state index contributed by atoms with van der Waals surface area (Å²) in [5.41, 5.74) is 4.81. The molecule has 2 rings (SSSR count). The van der Waals surface area contributed by atoms with Crippen LogP contribution >= 0.6 is 27.5 Å². The van der Waals surface area contributed by atoms with Crippen LogP contribution in [0.25, 0.3) is 0 Å². The SMILES string of the molecule is Cc1oc(C)c(C(NN)c2ccc(Br)c(Cl)c2F)c1C. The molecule has 6 heteroatoms. The van der Waals surface area contributed by atoms with E-state index in [9.17, 15) is 4.39 Å². The van der Waals surface area contributed by atoms with Crippen LogP contribution < -0.4 is 11.3 Å². The maximum Gasteiger partial charge on any atom is 0.148 e. The molecule has 1 atom stereocenters. The lowest BCUT2D eigenvalue weighted by Crippen LogP contribution is -2.30. The quantitative estimate of drug-likeness (QED) is 0.486. The van der Waals surface area contributed by atoms with Crippen LogP contribution in [0.4, 0.5) is 4.39 Å². The molecule has 0 saturated heterocycles. The van der Waals surface area contributed by atoms with Gasteiger partial charge in [-0.3, -0.25) is 5.84 Å². The van der Waals surface area contributed by atoms with Gasteiger partial charge in [-0.05, 0) is 48.3 Å². The van der Waals surface area contributed by atoms with Gasteiger partial charge in [-0.2, -0.15) is 0 Å². The van der Waals surface area contributed by atoms with E-state index in [4.69, 9.17) is 21.9 Å². The third-order valence-corrected chi connectivity index (χ3v) is 4.71. The maximum absolute atomic E-state index is 14.4. The molecule has 0 saturated carbocycles. The fraction of sp³-hybridized carbons (Fsp3) is 0.286. The number of aryl methyl sites for hydroxylation is 2. The van der Waals surface area contributed by atoms with Gasteiger partial charge in [-0.15, -0.1) is 0 Å². The summed E-state index contributed by atoms with van der Waals surface area (Å²) in [4.78, 5) is 0. The van der Waals surface area contributed by atoms with Crippen LogP contribution in [-0.2, 0) is 0 Å². The molecule has 0 radical (unpaired) electrons. The van der Waals surface area contributed by atoms with Crippen molar-refractivity contribution >= 4 is 27.5 Å². The van der Waals surface area contributed by atoms with Crippen molar-refractivity contribution in [2.24, 2.45) is 5.84 Å². The van der Waals surface area contributed by atoms with Gasteiger partial charge in [0, 0.05) is 15.6 Å². The minimum absolute atomic E-state index is 0.0401. The Labute approximate surface area is 130 Å². The Morgan fingerprint density at radius 3 is 2.45 bits per heavy atom. The van der Waals surface area contributed by atoms with Crippen molar-refractivity contribution in [1.29, 1.82) is 0 Å². The van der Waals surface area contributed by atoms with E-state index in [0.717, 1.165) is 16.9 Å². The third-order valence-electron chi connectivity index (χ3n) is 3.45. The van der Waals surface area contributed by atoms with E-state index in [1.165, 1.54) is 0 Å². The van der Waals surface area contributed by atoms with E-state index >= 15 is 0 Å². The minimum atomic E-state index is -0.516. The number of rotatable bonds is 3. The Morgan fingerprint density at radius 2 is 1.95 bits per heavy atom. The van der Waals surface area contributed by atoms with Crippen molar-refractivity contribution < 1.29 is 8.81 Å². The third kappa shape index (κ3) is 2.51. The van der Waals surface area contributed by atoms with Gasteiger partial charge in [0.2, 0.25) is 0 Å². The summed E-state index contributed by atoms with van der Waals surface area (Å²) in [6, 6.07) is 2.83. The largest absolute Gasteiger partial charge is 0.466 e. The lowest BCUT2D eigenvalue weighted by molar-refractivity contribution is 0.491. The molecule has 20 heavy (non-hydrogen) atoms. The molecule has 1 heterocycles. The second kappa shape index (κ2) is 5.85. The lowest BCUT2D eigenvalue weighted by atomic mass is 9.95. The van der Waals surface area contributed by atoms with Crippen molar-refractivity contribution in [2.45, 2.75) is 26.8 Å². The smallest absolute Gasteiger partial charge is 0.148 e. The zero-order valence-electron chi connectivity index (χ0n) is 11.4. The topological polar surface area (TPSA) is 51.2 Å². The van der Waals surface area contributed by atoms with Crippen LogP contribution in [0.3, 0.4) is 0 Å². The van der Waals surface area contributed by atoms with Crippen LogP contribution in [0.2, 0.25) is 5.02 Å². The number of hydrazine groups is 1. The van der Waals surface area contributed by atoms with Gasteiger partial charge >= 0.3 is 0 Å². The van der Waals surface area contributed by atoms with Crippen LogP contribution in [0.5, 0.6) is 0 Å². The first kappa shape index (κ1) is 15.5. The van der Waals surface area contributed by atoms with Crippen LogP contribution in [0, 0.1) is 26.6 Å². The van der Waals surface area contributed by atoms with Gasteiger partial charge in [0.25, 0.3) is 0 Å². The van der Waals surface area contributed by atoms with Crippen LogP contribution in [-0.4, -0.2) is 0 Å². The summed E-state index contributed by atoms with van der Waals surface area (Å²) >= 11 is 9.14. The van der Waals surface area contributed by atoms with Crippen molar-refractivity contribution in [2.75, 3.05) is 0 Å². The molecule has 0 spiro atoms. The van der Waals surface area contributed by atoms with E-state index in [0.29, 0.717) is 15.8 Å². The van der Waals surface area contributed by atoms with Gasteiger partial charge in [0.1, 0.15) is 17.3 Å². The van der Waals surface area contributed by atoms with Gasteiger partial charge in [0.05, 0.1) is 11.1 Å². The predicted molar refractivity (Wildman–Crippen MR) is 81.2 cm³/mol. The van der Waals surface area contributed by atoms with E-state index in [-0.39, 0.29) is 5.02 Å². The molecule has 108 valence electrons. The van der Waals surface area contributed by atoms with E-state index in [2.05, 4.69) is 21.4 Å². The first-order chi connectivity index (χ1) is 9.38. The summed E-state index contributed by atoms with van der Waals surface area (Å²) in [5, 5.41) is 0.0401. The van der Waals surface area contributed by atoms with Gasteiger partial charge in [-0.1, -0.05) is 17.7 Å². The number of benzene rings is 1. The monoisotopic (exact) mass is 360 g/mol.